The second-order valence-corrected chi connectivity index (χ2v) is 4.93. The van der Waals surface area contributed by atoms with Crippen LogP contribution < -0.4 is 4.90 Å². The predicted molar refractivity (Wildman–Crippen MR) is 80.7 cm³/mol. The normalized spacial score (nSPS) is 14.2. The van der Waals surface area contributed by atoms with E-state index in [9.17, 15) is 5.11 Å². The zero-order valence-electron chi connectivity index (χ0n) is 12.6. The van der Waals surface area contributed by atoms with Gasteiger partial charge in [0.2, 0.25) is 0 Å². The van der Waals surface area contributed by atoms with Crippen molar-refractivity contribution in [1.29, 1.82) is 0 Å². The second kappa shape index (κ2) is 8.18. The van der Waals surface area contributed by atoms with E-state index in [2.05, 4.69) is 24.8 Å². The minimum absolute atomic E-state index is 0.398. The summed E-state index contributed by atoms with van der Waals surface area (Å²) in [5.41, 5.74) is 2.14. The van der Waals surface area contributed by atoms with Gasteiger partial charge in [0, 0.05) is 30.9 Å². The highest BCUT2D eigenvalue weighted by molar-refractivity contribution is 5.55. The van der Waals surface area contributed by atoms with E-state index >= 15 is 0 Å². The highest BCUT2D eigenvalue weighted by atomic mass is 16.5. The van der Waals surface area contributed by atoms with E-state index in [4.69, 9.17) is 4.74 Å². The first kappa shape index (κ1) is 16.0. The molecule has 0 aliphatic heterocycles. The standard InChI is InChI=1S/C16H27NO2/c1-5-13(3)17(11-12-19-4)15-10-8-7-9-14(15)16(18)6-2/h7-10,13,16,18H,5-6,11-12H2,1-4H3/t13?,16-/m1/s1. The number of nitrogens with zero attached hydrogens (tertiary/aromatic N) is 1. The smallest absolute Gasteiger partial charge is 0.0807 e. The average Bonchev–Trinajstić information content (AvgIpc) is 2.46. The third-order valence-corrected chi connectivity index (χ3v) is 3.65. The molecule has 0 aromatic heterocycles. The van der Waals surface area contributed by atoms with Gasteiger partial charge in [0.1, 0.15) is 0 Å². The van der Waals surface area contributed by atoms with Gasteiger partial charge < -0.3 is 14.7 Å². The summed E-state index contributed by atoms with van der Waals surface area (Å²) in [5.74, 6) is 0. The molecule has 0 aliphatic carbocycles. The van der Waals surface area contributed by atoms with Crippen LogP contribution >= 0.6 is 0 Å². The minimum Gasteiger partial charge on any atom is -0.388 e. The third kappa shape index (κ3) is 4.22. The number of aliphatic hydroxyl groups is 1. The van der Waals surface area contributed by atoms with Gasteiger partial charge in [0.05, 0.1) is 12.7 Å². The fourth-order valence-electron chi connectivity index (χ4n) is 2.24. The summed E-state index contributed by atoms with van der Waals surface area (Å²) in [6.45, 7) is 7.94. The lowest BCUT2D eigenvalue weighted by Gasteiger charge is -2.33. The van der Waals surface area contributed by atoms with E-state index < -0.39 is 6.10 Å². The molecule has 0 amide bonds. The molecular weight excluding hydrogens is 238 g/mol. The van der Waals surface area contributed by atoms with Crippen molar-refractivity contribution in [1.82, 2.24) is 0 Å². The van der Waals surface area contributed by atoms with Crippen LogP contribution in [0.25, 0.3) is 0 Å². The Kier molecular flexibility index (Phi) is 6.89. The Morgan fingerprint density at radius 2 is 1.89 bits per heavy atom. The van der Waals surface area contributed by atoms with Crippen molar-refractivity contribution in [3.63, 3.8) is 0 Å². The Labute approximate surface area is 117 Å². The average molecular weight is 265 g/mol. The summed E-state index contributed by atoms with van der Waals surface area (Å²) in [6.07, 6.45) is 1.40. The largest absolute Gasteiger partial charge is 0.388 e. The monoisotopic (exact) mass is 265 g/mol. The lowest BCUT2D eigenvalue weighted by Crippen LogP contribution is -2.36. The molecular formula is C16H27NO2. The fraction of sp³-hybridized carbons (Fsp3) is 0.625. The van der Waals surface area contributed by atoms with Crippen LogP contribution in [0, 0.1) is 0 Å². The van der Waals surface area contributed by atoms with Crippen LogP contribution in [-0.2, 0) is 4.74 Å². The van der Waals surface area contributed by atoms with E-state index in [0.717, 1.165) is 30.6 Å². The van der Waals surface area contributed by atoms with E-state index in [1.807, 2.05) is 25.1 Å². The van der Waals surface area contributed by atoms with Crippen molar-refractivity contribution in [2.45, 2.75) is 45.8 Å². The maximum absolute atomic E-state index is 10.2. The van der Waals surface area contributed by atoms with Gasteiger partial charge in [-0.1, -0.05) is 32.0 Å². The molecule has 0 saturated heterocycles. The molecule has 1 rings (SSSR count). The maximum Gasteiger partial charge on any atom is 0.0807 e. The summed E-state index contributed by atoms with van der Waals surface area (Å²) in [7, 11) is 1.72. The number of ether oxygens (including phenoxy) is 1. The maximum atomic E-state index is 10.2. The molecule has 1 aromatic carbocycles. The number of anilines is 1. The van der Waals surface area contributed by atoms with E-state index in [-0.39, 0.29) is 0 Å². The number of hydrogen-bond acceptors (Lipinski definition) is 3. The van der Waals surface area contributed by atoms with Crippen LogP contribution in [0.5, 0.6) is 0 Å². The van der Waals surface area contributed by atoms with Gasteiger partial charge >= 0.3 is 0 Å². The first-order chi connectivity index (χ1) is 9.15. The molecule has 0 saturated carbocycles. The molecule has 1 aromatic rings. The Morgan fingerprint density at radius 3 is 2.47 bits per heavy atom. The number of para-hydroxylation sites is 1. The Hall–Kier alpha value is -1.06. The Bertz CT molecular complexity index is 368. The number of methoxy groups -OCH3 is 1. The highest BCUT2D eigenvalue weighted by Crippen LogP contribution is 2.29. The molecule has 1 unspecified atom stereocenters. The van der Waals surface area contributed by atoms with Crippen LogP contribution in [0.3, 0.4) is 0 Å². The summed E-state index contributed by atoms with van der Waals surface area (Å²) >= 11 is 0. The van der Waals surface area contributed by atoms with Crippen molar-refractivity contribution in [3.05, 3.63) is 29.8 Å². The van der Waals surface area contributed by atoms with Gasteiger partial charge in [0.15, 0.2) is 0 Å². The lowest BCUT2D eigenvalue weighted by molar-refractivity contribution is 0.173. The van der Waals surface area contributed by atoms with Crippen molar-refractivity contribution in [2.24, 2.45) is 0 Å². The molecule has 3 heteroatoms. The molecule has 2 atom stereocenters. The SMILES string of the molecule is CCC(C)N(CCOC)c1ccccc1[C@H](O)CC. The summed E-state index contributed by atoms with van der Waals surface area (Å²) in [5, 5.41) is 10.2. The number of hydrogen-bond donors (Lipinski definition) is 1. The quantitative estimate of drug-likeness (QED) is 0.782. The van der Waals surface area contributed by atoms with Crippen molar-refractivity contribution in [2.75, 3.05) is 25.2 Å². The summed E-state index contributed by atoms with van der Waals surface area (Å²) < 4.78 is 5.21. The van der Waals surface area contributed by atoms with Crippen molar-refractivity contribution in [3.8, 4) is 0 Å². The van der Waals surface area contributed by atoms with Gasteiger partial charge in [-0.2, -0.15) is 0 Å². The first-order valence-corrected chi connectivity index (χ1v) is 7.18. The van der Waals surface area contributed by atoms with Crippen molar-refractivity contribution < 1.29 is 9.84 Å². The van der Waals surface area contributed by atoms with E-state index in [1.165, 1.54) is 0 Å². The molecule has 19 heavy (non-hydrogen) atoms. The van der Waals surface area contributed by atoms with Gasteiger partial charge in [0.25, 0.3) is 0 Å². The molecule has 0 aliphatic rings. The fourth-order valence-corrected chi connectivity index (χ4v) is 2.24. The number of aliphatic hydroxyl groups excluding tert-OH is 1. The molecule has 0 fully saturated rings. The van der Waals surface area contributed by atoms with Gasteiger partial charge in [-0.05, 0) is 25.8 Å². The van der Waals surface area contributed by atoms with E-state index in [1.54, 1.807) is 7.11 Å². The lowest BCUT2D eigenvalue weighted by atomic mass is 10.0. The minimum atomic E-state index is -0.398. The zero-order valence-corrected chi connectivity index (χ0v) is 12.6. The zero-order chi connectivity index (χ0) is 14.3. The molecule has 0 radical (unpaired) electrons. The molecule has 3 nitrogen and oxygen atoms in total. The highest BCUT2D eigenvalue weighted by Gasteiger charge is 2.18. The molecule has 108 valence electrons. The Morgan fingerprint density at radius 1 is 1.21 bits per heavy atom. The van der Waals surface area contributed by atoms with Gasteiger partial charge in [-0.15, -0.1) is 0 Å². The second-order valence-electron chi connectivity index (χ2n) is 4.93. The molecule has 0 spiro atoms. The molecule has 1 N–H and O–H groups in total. The first-order valence-electron chi connectivity index (χ1n) is 7.18. The summed E-state index contributed by atoms with van der Waals surface area (Å²) in [6, 6.07) is 8.56. The van der Waals surface area contributed by atoms with Crippen LogP contribution in [0.15, 0.2) is 24.3 Å². The molecule has 0 bridgehead atoms. The van der Waals surface area contributed by atoms with Crippen LogP contribution in [0.4, 0.5) is 5.69 Å². The van der Waals surface area contributed by atoms with Crippen LogP contribution in [-0.4, -0.2) is 31.4 Å². The van der Waals surface area contributed by atoms with Crippen molar-refractivity contribution >= 4 is 5.69 Å². The third-order valence-electron chi connectivity index (χ3n) is 3.65. The number of benzene rings is 1. The topological polar surface area (TPSA) is 32.7 Å². The predicted octanol–water partition coefficient (Wildman–Crippen LogP) is 3.38. The summed E-state index contributed by atoms with van der Waals surface area (Å²) in [4.78, 5) is 2.33. The van der Waals surface area contributed by atoms with Crippen LogP contribution in [0.2, 0.25) is 0 Å². The van der Waals surface area contributed by atoms with Crippen LogP contribution in [0.1, 0.15) is 45.3 Å². The Balaban J connectivity index is 3.06. The van der Waals surface area contributed by atoms with Gasteiger partial charge in [-0.3, -0.25) is 0 Å². The van der Waals surface area contributed by atoms with Gasteiger partial charge in [-0.25, -0.2) is 0 Å². The number of rotatable bonds is 8. The molecule has 0 heterocycles. The van der Waals surface area contributed by atoms with E-state index in [0.29, 0.717) is 12.6 Å².